The molecule has 0 aliphatic heterocycles. The fraction of sp³-hybridized carbons (Fsp3) is 0. The molecule has 13 heavy (non-hydrogen) atoms. The molecule has 0 aromatic rings. The van der Waals surface area contributed by atoms with Gasteiger partial charge in [-0.05, 0) is 0 Å². The van der Waals surface area contributed by atoms with E-state index >= 15 is 0 Å². The van der Waals surface area contributed by atoms with Crippen LogP contribution in [0.4, 0.5) is 0 Å². The Bertz CT molecular complexity index is 22.5. The van der Waals surface area contributed by atoms with E-state index in [2.05, 4.69) is 0 Å². The molecular weight excluding hydrogens is 796 g/mol. The molecule has 0 aliphatic rings. The minimum atomic E-state index is 0. The van der Waals surface area contributed by atoms with Crippen LogP contribution in [0, 0.1) is 82.6 Å². The molecule has 0 bridgehead atoms. The molecular formula is Ba2Cu2O7Pr2. The standard InChI is InChI=1S/2Ba.2Cu.7O.2Pr/q4*+2;7*-2;2*+3. The Hall–Kier alpha value is 6.63. The van der Waals surface area contributed by atoms with Crippen LogP contribution in [0.15, 0.2) is 0 Å². The summed E-state index contributed by atoms with van der Waals surface area (Å²) < 4.78 is 0. The van der Waals surface area contributed by atoms with Crippen molar-refractivity contribution in [3.8, 4) is 0 Å². The van der Waals surface area contributed by atoms with Crippen LogP contribution in [0.3, 0.4) is 0 Å². The van der Waals surface area contributed by atoms with Crippen molar-refractivity contribution in [2.24, 2.45) is 0 Å². The van der Waals surface area contributed by atoms with E-state index in [1.807, 2.05) is 0 Å². The second-order valence-corrected chi connectivity index (χ2v) is 0. The van der Waals surface area contributed by atoms with Crippen LogP contribution in [0.25, 0.3) is 0 Å². The fourth-order valence-corrected chi connectivity index (χ4v) is 0. The summed E-state index contributed by atoms with van der Waals surface area (Å²) in [5.41, 5.74) is 0. The van der Waals surface area contributed by atoms with E-state index in [0.717, 1.165) is 0 Å². The number of rotatable bonds is 0. The van der Waals surface area contributed by atoms with Gasteiger partial charge in [0.1, 0.15) is 0 Å². The summed E-state index contributed by atoms with van der Waals surface area (Å²) in [7, 11) is 0. The van der Waals surface area contributed by atoms with Gasteiger partial charge >= 0.3 is 214 Å². The van der Waals surface area contributed by atoms with Gasteiger partial charge in [-0.1, -0.05) is 0 Å². The maximum Gasteiger partial charge on any atom is 3.00 e. The minimum absolute atomic E-state index is 0. The van der Waals surface area contributed by atoms with Crippen LogP contribution in [0.5, 0.6) is 0 Å². The predicted molar refractivity (Wildman–Crippen MR) is 16.3 cm³/mol. The fourth-order valence-electron chi connectivity index (χ4n) is 0. The third-order valence-corrected chi connectivity index (χ3v) is 0. The number of hydrogen-bond donors (Lipinski definition) is 0. The molecule has 0 fully saturated rings. The molecule has 0 saturated heterocycles. The first kappa shape index (κ1) is 155. The van der Waals surface area contributed by atoms with Crippen molar-refractivity contribution in [2.75, 3.05) is 0 Å². The van der Waals surface area contributed by atoms with Crippen molar-refractivity contribution in [3.05, 3.63) is 0 Å². The Morgan fingerprint density at radius 2 is 0.308 bits per heavy atom. The summed E-state index contributed by atoms with van der Waals surface area (Å²) in [6, 6.07) is 0. The average Bonchev–Trinajstić information content (AvgIpc) is 0. The zero-order valence-electron chi connectivity index (χ0n) is 6.03. The molecule has 0 saturated carbocycles. The maximum absolute atomic E-state index is 0. The largest absolute Gasteiger partial charge is 3.00 e. The van der Waals surface area contributed by atoms with Gasteiger partial charge in [0.25, 0.3) is 0 Å². The normalized spacial score (nSPS) is 0. The molecule has 74 valence electrons. The molecule has 0 rings (SSSR count). The maximum atomic E-state index is 0. The number of hydrogen-bond acceptors (Lipinski definition) is 0. The molecule has 0 amide bonds. The van der Waals surface area contributed by atoms with E-state index < -0.39 is 0 Å². The van der Waals surface area contributed by atoms with Crippen LogP contribution in [-0.2, 0) is 72.5 Å². The van der Waals surface area contributed by atoms with Crippen molar-refractivity contribution in [1.29, 1.82) is 0 Å². The molecule has 0 aromatic carbocycles. The second kappa shape index (κ2) is 132. The Kier molecular flexibility index (Phi) is 1570. The summed E-state index contributed by atoms with van der Waals surface area (Å²) in [5.74, 6) is 0. The smallest absolute Gasteiger partial charge is 2.00 e. The summed E-state index contributed by atoms with van der Waals surface area (Å²) in [6.45, 7) is 0. The third kappa shape index (κ3) is 117. The zero-order valence-corrected chi connectivity index (χ0v) is 24.2. The van der Waals surface area contributed by atoms with Gasteiger partial charge in [0.05, 0.1) is 0 Å². The quantitative estimate of drug-likeness (QED) is 0.255. The molecule has 0 spiro atoms. The molecule has 0 heterocycles. The molecule has 0 aliphatic carbocycles. The van der Waals surface area contributed by atoms with Gasteiger partial charge < -0.3 is 38.3 Å². The van der Waals surface area contributed by atoms with Gasteiger partial charge in [-0.25, -0.2) is 0 Å². The van der Waals surface area contributed by atoms with E-state index in [1.54, 1.807) is 0 Å². The Morgan fingerprint density at radius 1 is 0.308 bits per heavy atom. The average molecular weight is 796 g/mol. The van der Waals surface area contributed by atoms with E-state index in [4.69, 9.17) is 0 Å². The predicted octanol–water partition coefficient (Wildman–Crippen LogP) is -1.60. The van der Waals surface area contributed by atoms with Crippen LogP contribution >= 0.6 is 0 Å². The van der Waals surface area contributed by atoms with Gasteiger partial charge in [0.2, 0.25) is 0 Å². The van der Waals surface area contributed by atoms with E-state index in [0.29, 0.717) is 0 Å². The summed E-state index contributed by atoms with van der Waals surface area (Å²) in [6.07, 6.45) is 0. The molecule has 0 unspecified atom stereocenters. The van der Waals surface area contributed by atoms with Gasteiger partial charge in [-0.15, -0.1) is 0 Å². The second-order valence-electron chi connectivity index (χ2n) is 0. The molecule has 0 atom stereocenters. The van der Waals surface area contributed by atoms with E-state index in [9.17, 15) is 0 Å². The molecule has 0 aromatic heterocycles. The van der Waals surface area contributed by atoms with Gasteiger partial charge in [-0.2, -0.15) is 0 Å². The van der Waals surface area contributed by atoms with Crippen LogP contribution in [-0.4, -0.2) is 97.8 Å². The van der Waals surface area contributed by atoms with Gasteiger partial charge in [0, 0.05) is 0 Å². The van der Waals surface area contributed by atoms with Crippen LogP contribution in [0.1, 0.15) is 0 Å². The van der Waals surface area contributed by atoms with Crippen molar-refractivity contribution in [3.63, 3.8) is 0 Å². The molecule has 13 heteroatoms. The summed E-state index contributed by atoms with van der Waals surface area (Å²) in [4.78, 5) is 0. The first-order valence-corrected chi connectivity index (χ1v) is 0. The summed E-state index contributed by atoms with van der Waals surface area (Å²) >= 11 is 0. The third-order valence-electron chi connectivity index (χ3n) is 0. The topological polar surface area (TPSA) is 200 Å². The van der Waals surface area contributed by atoms with Gasteiger partial charge in [0.15, 0.2) is 0 Å². The molecule has 7 nitrogen and oxygen atoms in total. The minimum Gasteiger partial charge on any atom is -2.00 e. The van der Waals surface area contributed by atoms with Gasteiger partial charge in [-0.3, -0.25) is 0 Å². The SMILES string of the molecule is [Ba+2].[Ba+2].[Cu+2].[Cu+2].[O-2].[O-2].[O-2].[O-2].[O-2].[O-2].[O-2].[Pr+3].[Pr+3]. The van der Waals surface area contributed by atoms with Crippen molar-refractivity contribution >= 4 is 97.8 Å². The Labute approximate surface area is 245 Å². The van der Waals surface area contributed by atoms with Crippen molar-refractivity contribution in [1.82, 2.24) is 0 Å². The summed E-state index contributed by atoms with van der Waals surface area (Å²) in [5, 5.41) is 0. The van der Waals surface area contributed by atoms with Crippen LogP contribution in [0.2, 0.25) is 0 Å². The first-order chi connectivity index (χ1) is 0. The van der Waals surface area contributed by atoms with Crippen molar-refractivity contribution in [2.45, 2.75) is 0 Å². The zero-order chi connectivity index (χ0) is 0. The Morgan fingerprint density at radius 3 is 0.308 bits per heavy atom. The molecule has 0 N–H and O–H groups in total. The van der Waals surface area contributed by atoms with E-state index in [1.165, 1.54) is 0 Å². The monoisotopic (exact) mass is 795 g/mol. The Balaban J connectivity index is 0. The van der Waals surface area contributed by atoms with E-state index in [-0.39, 0.29) is 253 Å². The first-order valence-electron chi connectivity index (χ1n) is 0. The van der Waals surface area contributed by atoms with Crippen molar-refractivity contribution < 1.29 is 155 Å². The van der Waals surface area contributed by atoms with Crippen LogP contribution < -0.4 is 0 Å². The molecule has 2 radical (unpaired) electrons.